The van der Waals surface area contributed by atoms with Gasteiger partial charge in [-0.15, -0.1) is 0 Å². The third kappa shape index (κ3) is 25.9. The third-order valence-corrected chi connectivity index (χ3v) is 2.77. The molecule has 0 aliphatic heterocycles. The number of rotatable bonds is 11. The number of hydrogen-bond donors (Lipinski definition) is 2. The van der Waals surface area contributed by atoms with Crippen molar-refractivity contribution in [2.24, 2.45) is 0 Å². The molecule has 0 amide bonds. The second kappa shape index (κ2) is 21.2. The largest absolute Gasteiger partial charge is 0.396 e. The summed E-state index contributed by atoms with van der Waals surface area (Å²) in [6, 6.07) is 0. The molecule has 17 heavy (non-hydrogen) atoms. The van der Waals surface area contributed by atoms with Crippen molar-refractivity contribution < 1.29 is 10.2 Å². The van der Waals surface area contributed by atoms with Gasteiger partial charge in [-0.05, 0) is 12.8 Å². The predicted octanol–water partition coefficient (Wildman–Crippen LogP) is 4.29. The maximum Gasteiger partial charge on any atom is 0.0431 e. The molecule has 2 nitrogen and oxygen atoms in total. The molecule has 0 spiro atoms. The van der Waals surface area contributed by atoms with E-state index in [0.29, 0.717) is 13.2 Å². The van der Waals surface area contributed by atoms with Gasteiger partial charge < -0.3 is 10.2 Å². The topological polar surface area (TPSA) is 40.5 Å². The minimum Gasteiger partial charge on any atom is -0.396 e. The molecule has 0 saturated heterocycles. The van der Waals surface area contributed by atoms with Crippen molar-refractivity contribution in [3.05, 3.63) is 0 Å². The summed E-state index contributed by atoms with van der Waals surface area (Å²) in [4.78, 5) is 0. The van der Waals surface area contributed by atoms with E-state index in [4.69, 9.17) is 10.2 Å². The van der Waals surface area contributed by atoms with Gasteiger partial charge in [0, 0.05) is 13.2 Å². The number of unbranched alkanes of at least 4 members (excludes halogenated alkanes) is 9. The first-order valence-electron chi connectivity index (χ1n) is 7.55. The molecule has 0 atom stereocenters. The lowest BCUT2D eigenvalue weighted by Crippen LogP contribution is -1.83. The van der Waals surface area contributed by atoms with Crippen LogP contribution in [0, 0.1) is 0 Å². The molecule has 0 saturated carbocycles. The van der Waals surface area contributed by atoms with Crippen molar-refractivity contribution in [3.63, 3.8) is 0 Å². The van der Waals surface area contributed by atoms with Crippen LogP contribution < -0.4 is 0 Å². The molecule has 0 heterocycles. The van der Waals surface area contributed by atoms with Gasteiger partial charge >= 0.3 is 0 Å². The summed E-state index contributed by atoms with van der Waals surface area (Å²) < 4.78 is 0. The Bertz CT molecular complexity index is 93.1. The lowest BCUT2D eigenvalue weighted by atomic mass is 10.1. The fraction of sp³-hybridized carbons (Fsp3) is 1.00. The van der Waals surface area contributed by atoms with Crippen LogP contribution in [-0.4, -0.2) is 23.4 Å². The van der Waals surface area contributed by atoms with E-state index in [-0.39, 0.29) is 0 Å². The van der Waals surface area contributed by atoms with Crippen LogP contribution in [0.5, 0.6) is 0 Å². The second-order valence-corrected chi connectivity index (χ2v) is 4.63. The SMILES string of the molecule is CCCCCCCCCCO.CCCCCO. The Balaban J connectivity index is 0. The van der Waals surface area contributed by atoms with Crippen molar-refractivity contribution in [2.45, 2.75) is 84.5 Å². The van der Waals surface area contributed by atoms with Crippen LogP contribution in [0.3, 0.4) is 0 Å². The normalized spacial score (nSPS) is 9.88. The highest BCUT2D eigenvalue weighted by atomic mass is 16.3. The Morgan fingerprint density at radius 1 is 0.471 bits per heavy atom. The van der Waals surface area contributed by atoms with Gasteiger partial charge in [0.25, 0.3) is 0 Å². The van der Waals surface area contributed by atoms with Crippen LogP contribution in [0.4, 0.5) is 0 Å². The van der Waals surface area contributed by atoms with Gasteiger partial charge in [0.15, 0.2) is 0 Å². The first-order valence-corrected chi connectivity index (χ1v) is 7.55. The van der Waals surface area contributed by atoms with E-state index in [1.807, 2.05) is 0 Å². The van der Waals surface area contributed by atoms with Crippen molar-refractivity contribution in [1.29, 1.82) is 0 Å². The predicted molar refractivity (Wildman–Crippen MR) is 76.3 cm³/mol. The van der Waals surface area contributed by atoms with E-state index in [2.05, 4.69) is 13.8 Å². The average molecular weight is 246 g/mol. The van der Waals surface area contributed by atoms with Gasteiger partial charge in [-0.25, -0.2) is 0 Å². The lowest BCUT2D eigenvalue weighted by molar-refractivity contribution is 0.282. The van der Waals surface area contributed by atoms with E-state index in [1.54, 1.807) is 0 Å². The maximum atomic E-state index is 8.51. The van der Waals surface area contributed by atoms with Crippen LogP contribution >= 0.6 is 0 Å². The summed E-state index contributed by atoms with van der Waals surface area (Å²) in [6.45, 7) is 5.09. The Morgan fingerprint density at radius 2 is 0.765 bits per heavy atom. The molecule has 0 aromatic carbocycles. The Kier molecular flexibility index (Phi) is 24.1. The minimum absolute atomic E-state index is 0.355. The first-order chi connectivity index (χ1) is 8.33. The van der Waals surface area contributed by atoms with Crippen molar-refractivity contribution >= 4 is 0 Å². The molecule has 0 aromatic rings. The quantitative estimate of drug-likeness (QED) is 0.534. The van der Waals surface area contributed by atoms with Gasteiger partial charge in [-0.3, -0.25) is 0 Å². The Morgan fingerprint density at radius 3 is 1.12 bits per heavy atom. The molecule has 0 bridgehead atoms. The highest BCUT2D eigenvalue weighted by Crippen LogP contribution is 2.07. The fourth-order valence-corrected chi connectivity index (χ4v) is 1.61. The van der Waals surface area contributed by atoms with E-state index < -0.39 is 0 Å². The molecular formula is C15H34O2. The minimum atomic E-state index is 0.355. The molecule has 0 rings (SSSR count). The molecule has 0 radical (unpaired) electrons. The zero-order chi connectivity index (χ0) is 13.2. The zero-order valence-electron chi connectivity index (χ0n) is 12.1. The molecule has 0 aromatic heterocycles. The highest BCUT2D eigenvalue weighted by Gasteiger charge is 1.89. The van der Waals surface area contributed by atoms with Crippen LogP contribution in [-0.2, 0) is 0 Å². The molecular weight excluding hydrogens is 212 g/mol. The summed E-state index contributed by atoms with van der Waals surface area (Å²) in [6.07, 6.45) is 13.7. The Hall–Kier alpha value is -0.0800. The van der Waals surface area contributed by atoms with Gasteiger partial charge in [0.2, 0.25) is 0 Å². The number of aliphatic hydroxyl groups excluding tert-OH is 2. The smallest absolute Gasteiger partial charge is 0.0431 e. The monoisotopic (exact) mass is 246 g/mol. The summed E-state index contributed by atoms with van der Waals surface area (Å²) in [5.74, 6) is 0. The van der Waals surface area contributed by atoms with Crippen LogP contribution in [0.2, 0.25) is 0 Å². The molecule has 0 fully saturated rings. The summed E-state index contributed by atoms with van der Waals surface area (Å²) in [5.41, 5.74) is 0. The summed E-state index contributed by atoms with van der Waals surface area (Å²) in [7, 11) is 0. The zero-order valence-corrected chi connectivity index (χ0v) is 12.1. The lowest BCUT2D eigenvalue weighted by Gasteiger charge is -1.98. The average Bonchev–Trinajstić information content (AvgIpc) is 2.36. The van der Waals surface area contributed by atoms with Gasteiger partial charge in [0.05, 0.1) is 0 Å². The molecule has 0 aliphatic carbocycles. The van der Waals surface area contributed by atoms with E-state index >= 15 is 0 Å². The van der Waals surface area contributed by atoms with Gasteiger partial charge in [0.1, 0.15) is 0 Å². The van der Waals surface area contributed by atoms with Crippen molar-refractivity contribution in [1.82, 2.24) is 0 Å². The van der Waals surface area contributed by atoms with Gasteiger partial charge in [-0.1, -0.05) is 71.6 Å². The standard InChI is InChI=1S/C10H22O.C5H12O/c1-2-3-4-5-6-7-8-9-10-11;1-2-3-4-5-6/h11H,2-10H2,1H3;6H,2-5H2,1H3. The van der Waals surface area contributed by atoms with Crippen LogP contribution in [0.15, 0.2) is 0 Å². The molecule has 106 valence electrons. The van der Waals surface area contributed by atoms with Crippen molar-refractivity contribution in [3.8, 4) is 0 Å². The van der Waals surface area contributed by atoms with Crippen LogP contribution in [0.1, 0.15) is 84.5 Å². The van der Waals surface area contributed by atoms with E-state index in [0.717, 1.165) is 19.3 Å². The highest BCUT2D eigenvalue weighted by molar-refractivity contribution is 4.44. The molecule has 0 unspecified atom stereocenters. The number of aliphatic hydroxyl groups is 2. The molecule has 2 heteroatoms. The third-order valence-electron chi connectivity index (χ3n) is 2.77. The second-order valence-electron chi connectivity index (χ2n) is 4.63. The maximum absolute atomic E-state index is 8.51. The van der Waals surface area contributed by atoms with E-state index in [1.165, 1.54) is 51.4 Å². The molecule has 0 aliphatic rings. The summed E-state index contributed by atoms with van der Waals surface area (Å²) >= 11 is 0. The van der Waals surface area contributed by atoms with Crippen LogP contribution in [0.25, 0.3) is 0 Å². The fourth-order valence-electron chi connectivity index (χ4n) is 1.61. The molecule has 2 N–H and O–H groups in total. The summed E-state index contributed by atoms with van der Waals surface area (Å²) in [5, 5.41) is 16.7. The number of hydrogen-bond acceptors (Lipinski definition) is 2. The Labute approximate surface area is 108 Å². The first kappa shape index (κ1) is 19.3. The van der Waals surface area contributed by atoms with Crippen molar-refractivity contribution in [2.75, 3.05) is 13.2 Å². The van der Waals surface area contributed by atoms with Gasteiger partial charge in [-0.2, -0.15) is 0 Å². The van der Waals surface area contributed by atoms with E-state index in [9.17, 15) is 0 Å².